The highest BCUT2D eigenvalue weighted by molar-refractivity contribution is 5.72. The fourth-order valence-electron chi connectivity index (χ4n) is 2.29. The van der Waals surface area contributed by atoms with E-state index in [1.54, 1.807) is 0 Å². The van der Waals surface area contributed by atoms with Crippen molar-refractivity contribution in [3.8, 4) is 0 Å². The van der Waals surface area contributed by atoms with E-state index < -0.39 is 6.09 Å². The molecule has 2 rings (SSSR count). The summed E-state index contributed by atoms with van der Waals surface area (Å²) in [5, 5.41) is 8.98. The molecule has 19 heavy (non-hydrogen) atoms. The summed E-state index contributed by atoms with van der Waals surface area (Å²) >= 11 is 0. The van der Waals surface area contributed by atoms with Crippen LogP contribution >= 0.6 is 0 Å². The molecule has 1 unspecified atom stereocenters. The van der Waals surface area contributed by atoms with E-state index in [1.165, 1.54) is 4.90 Å². The molecule has 0 radical (unpaired) electrons. The molecule has 1 atom stereocenters. The van der Waals surface area contributed by atoms with E-state index in [0.717, 1.165) is 18.4 Å². The molecule has 0 aromatic heterocycles. The van der Waals surface area contributed by atoms with Gasteiger partial charge in [0.2, 0.25) is 0 Å². The van der Waals surface area contributed by atoms with Gasteiger partial charge < -0.3 is 14.7 Å². The van der Waals surface area contributed by atoms with Crippen molar-refractivity contribution < 1.29 is 19.4 Å². The second kappa shape index (κ2) is 6.22. The topological polar surface area (TPSA) is 66.8 Å². The number of esters is 1. The third-order valence-corrected chi connectivity index (χ3v) is 3.27. The number of carbonyl (C=O) groups is 2. The maximum atomic E-state index is 11.7. The number of ether oxygens (including phenoxy) is 1. The average Bonchev–Trinajstić information content (AvgIpc) is 2.86. The fraction of sp³-hybridized carbons (Fsp3) is 0.429. The third kappa shape index (κ3) is 3.71. The zero-order valence-electron chi connectivity index (χ0n) is 10.6. The van der Waals surface area contributed by atoms with Gasteiger partial charge in [-0.15, -0.1) is 0 Å². The van der Waals surface area contributed by atoms with Gasteiger partial charge in [-0.3, -0.25) is 4.79 Å². The van der Waals surface area contributed by atoms with Crippen LogP contribution in [0.5, 0.6) is 0 Å². The van der Waals surface area contributed by atoms with Gasteiger partial charge in [-0.25, -0.2) is 4.79 Å². The maximum Gasteiger partial charge on any atom is 0.407 e. The number of carboxylic acid groups (broad SMARTS) is 1. The number of amides is 1. The molecule has 5 heteroatoms. The van der Waals surface area contributed by atoms with Gasteiger partial charge in [-0.05, 0) is 18.4 Å². The summed E-state index contributed by atoms with van der Waals surface area (Å²) in [6.07, 6.45) is 0.716. The standard InChI is InChI=1S/C14H17NO4/c16-13(19-10-11-5-2-1-3-6-11)9-12-7-4-8-15(12)14(17)18/h1-3,5-6,12H,4,7-10H2,(H,17,18). The minimum Gasteiger partial charge on any atom is -0.465 e. The minimum absolute atomic E-state index is 0.138. The van der Waals surface area contributed by atoms with E-state index in [1.807, 2.05) is 30.3 Å². The Balaban J connectivity index is 1.80. The highest BCUT2D eigenvalue weighted by Crippen LogP contribution is 2.20. The lowest BCUT2D eigenvalue weighted by molar-refractivity contribution is -0.146. The van der Waals surface area contributed by atoms with Gasteiger partial charge in [0.25, 0.3) is 0 Å². The fourth-order valence-corrected chi connectivity index (χ4v) is 2.29. The smallest absolute Gasteiger partial charge is 0.407 e. The second-order valence-electron chi connectivity index (χ2n) is 4.62. The number of nitrogens with zero attached hydrogens (tertiary/aromatic N) is 1. The van der Waals surface area contributed by atoms with Gasteiger partial charge in [0.05, 0.1) is 6.42 Å². The molecule has 1 amide bonds. The number of likely N-dealkylation sites (tertiary alicyclic amines) is 1. The van der Waals surface area contributed by atoms with Crippen LogP contribution in [-0.2, 0) is 16.1 Å². The van der Waals surface area contributed by atoms with Crippen molar-refractivity contribution in [3.63, 3.8) is 0 Å². The van der Waals surface area contributed by atoms with E-state index in [4.69, 9.17) is 9.84 Å². The Hall–Kier alpha value is -2.04. The first kappa shape index (κ1) is 13.4. The van der Waals surface area contributed by atoms with Crippen LogP contribution in [0.15, 0.2) is 30.3 Å². The number of hydrogen-bond acceptors (Lipinski definition) is 3. The van der Waals surface area contributed by atoms with Crippen molar-refractivity contribution in [3.05, 3.63) is 35.9 Å². The van der Waals surface area contributed by atoms with E-state index in [0.29, 0.717) is 6.54 Å². The van der Waals surface area contributed by atoms with Crippen molar-refractivity contribution >= 4 is 12.1 Å². The zero-order chi connectivity index (χ0) is 13.7. The summed E-state index contributed by atoms with van der Waals surface area (Å²) in [5.41, 5.74) is 0.928. The Morgan fingerprint density at radius 3 is 2.74 bits per heavy atom. The van der Waals surface area contributed by atoms with Crippen LogP contribution in [0.4, 0.5) is 4.79 Å². The molecule has 1 heterocycles. The number of carbonyl (C=O) groups excluding carboxylic acids is 1. The molecule has 0 saturated carbocycles. The van der Waals surface area contributed by atoms with Crippen molar-refractivity contribution in [1.82, 2.24) is 4.90 Å². The first-order chi connectivity index (χ1) is 9.16. The van der Waals surface area contributed by atoms with Gasteiger partial charge in [0, 0.05) is 12.6 Å². The molecule has 1 aliphatic heterocycles. The first-order valence-electron chi connectivity index (χ1n) is 6.36. The Kier molecular flexibility index (Phi) is 4.39. The van der Waals surface area contributed by atoms with Crippen molar-refractivity contribution in [1.29, 1.82) is 0 Å². The number of hydrogen-bond donors (Lipinski definition) is 1. The molecular weight excluding hydrogens is 246 g/mol. The lowest BCUT2D eigenvalue weighted by Crippen LogP contribution is -2.35. The number of benzene rings is 1. The third-order valence-electron chi connectivity index (χ3n) is 3.27. The summed E-state index contributed by atoms with van der Waals surface area (Å²) in [5.74, 6) is -0.345. The van der Waals surface area contributed by atoms with Crippen LogP contribution < -0.4 is 0 Å². The number of rotatable bonds is 4. The van der Waals surface area contributed by atoms with E-state index >= 15 is 0 Å². The molecule has 1 saturated heterocycles. The van der Waals surface area contributed by atoms with E-state index in [-0.39, 0.29) is 25.0 Å². The van der Waals surface area contributed by atoms with Crippen molar-refractivity contribution in [2.75, 3.05) is 6.54 Å². The zero-order valence-corrected chi connectivity index (χ0v) is 10.6. The highest BCUT2D eigenvalue weighted by atomic mass is 16.5. The molecule has 0 bridgehead atoms. The Morgan fingerprint density at radius 1 is 1.32 bits per heavy atom. The monoisotopic (exact) mass is 263 g/mol. The summed E-state index contributed by atoms with van der Waals surface area (Å²) in [4.78, 5) is 24.0. The van der Waals surface area contributed by atoms with Crippen LogP contribution in [0.25, 0.3) is 0 Å². The SMILES string of the molecule is O=C(CC1CCCN1C(=O)O)OCc1ccccc1. The normalized spacial score (nSPS) is 18.3. The molecule has 1 aromatic carbocycles. The molecule has 1 fully saturated rings. The van der Waals surface area contributed by atoms with Crippen LogP contribution in [0.3, 0.4) is 0 Å². The summed E-state index contributed by atoms with van der Waals surface area (Å²) in [7, 11) is 0. The molecule has 0 aliphatic carbocycles. The molecule has 1 aromatic rings. The van der Waals surface area contributed by atoms with Gasteiger partial charge in [-0.2, -0.15) is 0 Å². The quantitative estimate of drug-likeness (QED) is 0.846. The summed E-state index contributed by atoms with van der Waals surface area (Å²) in [6, 6.07) is 9.19. The Morgan fingerprint density at radius 2 is 2.05 bits per heavy atom. The minimum atomic E-state index is -0.960. The van der Waals surface area contributed by atoms with Gasteiger partial charge >= 0.3 is 12.1 Å². The Bertz CT molecular complexity index is 446. The lowest BCUT2D eigenvalue weighted by atomic mass is 10.1. The maximum absolute atomic E-state index is 11.7. The predicted octanol–water partition coefficient (Wildman–Crippen LogP) is 2.26. The molecule has 5 nitrogen and oxygen atoms in total. The Labute approximate surface area is 111 Å². The van der Waals surface area contributed by atoms with Crippen LogP contribution in [0.2, 0.25) is 0 Å². The van der Waals surface area contributed by atoms with Crippen molar-refractivity contribution in [2.24, 2.45) is 0 Å². The average molecular weight is 263 g/mol. The molecule has 1 aliphatic rings. The van der Waals surface area contributed by atoms with Crippen LogP contribution in [0.1, 0.15) is 24.8 Å². The van der Waals surface area contributed by atoms with Crippen LogP contribution in [-0.4, -0.2) is 34.7 Å². The summed E-state index contributed by atoms with van der Waals surface area (Å²) < 4.78 is 5.16. The van der Waals surface area contributed by atoms with Gasteiger partial charge in [-0.1, -0.05) is 30.3 Å². The van der Waals surface area contributed by atoms with Gasteiger partial charge in [0.15, 0.2) is 0 Å². The molecular formula is C14H17NO4. The van der Waals surface area contributed by atoms with E-state index in [2.05, 4.69) is 0 Å². The first-order valence-corrected chi connectivity index (χ1v) is 6.36. The van der Waals surface area contributed by atoms with E-state index in [9.17, 15) is 9.59 Å². The largest absolute Gasteiger partial charge is 0.465 e. The molecule has 0 spiro atoms. The lowest BCUT2D eigenvalue weighted by Gasteiger charge is -2.20. The van der Waals surface area contributed by atoms with Crippen LogP contribution in [0, 0.1) is 0 Å². The second-order valence-corrected chi connectivity index (χ2v) is 4.62. The molecule has 1 N–H and O–H groups in total. The van der Waals surface area contributed by atoms with Gasteiger partial charge in [0.1, 0.15) is 6.61 Å². The molecule has 102 valence electrons. The predicted molar refractivity (Wildman–Crippen MR) is 68.6 cm³/mol. The highest BCUT2D eigenvalue weighted by Gasteiger charge is 2.30. The van der Waals surface area contributed by atoms with Crippen molar-refractivity contribution in [2.45, 2.75) is 31.9 Å². The summed E-state index contributed by atoms with van der Waals surface area (Å²) in [6.45, 7) is 0.741.